The Hall–Kier alpha value is -3.13. The van der Waals surface area contributed by atoms with E-state index in [1.807, 2.05) is 68.5 Å². The smallest absolute Gasteiger partial charge is 0.267 e. The standard InChI is InChI=1S/C22H23N5O2S/c1-13(2)23-19(28)12-30-22-25-24-21-26(18-11-14(3)9-10-15(18)4)20(29)16-7-5-6-8-17(16)27(21)22/h5-11,13H,12H2,1-4H3,(H,23,28). The Morgan fingerprint density at radius 2 is 1.90 bits per heavy atom. The van der Waals surface area contributed by atoms with E-state index in [1.54, 1.807) is 10.6 Å². The van der Waals surface area contributed by atoms with Crippen LogP contribution < -0.4 is 10.9 Å². The predicted octanol–water partition coefficient (Wildman–Crippen LogP) is 3.27. The van der Waals surface area contributed by atoms with Crippen LogP contribution in [-0.4, -0.2) is 36.9 Å². The van der Waals surface area contributed by atoms with Crippen LogP contribution in [-0.2, 0) is 4.79 Å². The molecule has 30 heavy (non-hydrogen) atoms. The van der Waals surface area contributed by atoms with Crippen LogP contribution in [0.4, 0.5) is 0 Å². The Kier molecular flexibility index (Phi) is 5.34. The summed E-state index contributed by atoms with van der Waals surface area (Å²) in [6.45, 7) is 7.80. The third-order valence-corrected chi connectivity index (χ3v) is 5.71. The minimum atomic E-state index is -0.145. The third kappa shape index (κ3) is 3.59. The molecule has 0 saturated heterocycles. The van der Waals surface area contributed by atoms with Crippen molar-refractivity contribution in [1.29, 1.82) is 0 Å². The second kappa shape index (κ2) is 7.95. The summed E-state index contributed by atoms with van der Waals surface area (Å²) in [4.78, 5) is 25.5. The molecular weight excluding hydrogens is 398 g/mol. The zero-order chi connectivity index (χ0) is 21.4. The van der Waals surface area contributed by atoms with E-state index in [-0.39, 0.29) is 23.3 Å². The topological polar surface area (TPSA) is 81.3 Å². The fourth-order valence-corrected chi connectivity index (χ4v) is 4.19. The molecule has 2 aromatic carbocycles. The summed E-state index contributed by atoms with van der Waals surface area (Å²) < 4.78 is 3.46. The lowest BCUT2D eigenvalue weighted by atomic mass is 10.1. The zero-order valence-electron chi connectivity index (χ0n) is 17.3. The van der Waals surface area contributed by atoms with Gasteiger partial charge in [-0.25, -0.2) is 4.57 Å². The summed E-state index contributed by atoms with van der Waals surface area (Å²) in [6, 6.07) is 13.5. The maximum atomic E-state index is 13.4. The molecule has 1 amide bonds. The molecule has 2 heterocycles. The Bertz CT molecular complexity index is 1320. The quantitative estimate of drug-likeness (QED) is 0.500. The van der Waals surface area contributed by atoms with Gasteiger partial charge in [-0.05, 0) is 57.0 Å². The maximum Gasteiger partial charge on any atom is 0.267 e. The van der Waals surface area contributed by atoms with E-state index in [0.717, 1.165) is 22.3 Å². The van der Waals surface area contributed by atoms with Crippen molar-refractivity contribution in [2.45, 2.75) is 38.9 Å². The highest BCUT2D eigenvalue weighted by Crippen LogP contribution is 2.24. The molecule has 4 rings (SSSR count). The fourth-order valence-electron chi connectivity index (χ4n) is 3.44. The van der Waals surface area contributed by atoms with Gasteiger partial charge in [-0.15, -0.1) is 10.2 Å². The number of amides is 1. The Morgan fingerprint density at radius 1 is 1.13 bits per heavy atom. The number of fused-ring (bicyclic) bond motifs is 3. The Balaban J connectivity index is 1.94. The first-order valence-corrected chi connectivity index (χ1v) is 10.7. The second-order valence-electron chi connectivity index (χ2n) is 7.58. The summed E-state index contributed by atoms with van der Waals surface area (Å²) in [5.74, 6) is 0.577. The molecule has 4 aromatic rings. The molecular formula is C22H23N5O2S. The summed E-state index contributed by atoms with van der Waals surface area (Å²) in [5, 5.41) is 12.7. The molecule has 0 aliphatic heterocycles. The van der Waals surface area contributed by atoms with E-state index in [4.69, 9.17) is 0 Å². The SMILES string of the molecule is Cc1ccc(C)c(-n2c(=O)c3ccccc3n3c(SCC(=O)NC(C)C)nnc23)c1. The van der Waals surface area contributed by atoms with Crippen LogP contribution in [0.2, 0.25) is 0 Å². The lowest BCUT2D eigenvalue weighted by molar-refractivity contribution is -0.119. The summed E-state index contributed by atoms with van der Waals surface area (Å²) in [7, 11) is 0. The number of hydrogen-bond acceptors (Lipinski definition) is 5. The second-order valence-corrected chi connectivity index (χ2v) is 8.52. The Morgan fingerprint density at radius 3 is 2.67 bits per heavy atom. The highest BCUT2D eigenvalue weighted by molar-refractivity contribution is 7.99. The maximum absolute atomic E-state index is 13.4. The molecule has 0 aliphatic rings. The molecule has 7 nitrogen and oxygen atoms in total. The van der Waals surface area contributed by atoms with Crippen molar-refractivity contribution in [2.75, 3.05) is 5.75 Å². The van der Waals surface area contributed by atoms with Crippen LogP contribution in [0.25, 0.3) is 22.4 Å². The van der Waals surface area contributed by atoms with Gasteiger partial charge in [0.1, 0.15) is 0 Å². The number of nitrogens with one attached hydrogen (secondary N) is 1. The van der Waals surface area contributed by atoms with Crippen molar-refractivity contribution in [1.82, 2.24) is 24.5 Å². The molecule has 0 spiro atoms. The van der Waals surface area contributed by atoms with Crippen LogP contribution in [0.3, 0.4) is 0 Å². The van der Waals surface area contributed by atoms with Crippen molar-refractivity contribution in [3.05, 3.63) is 63.9 Å². The van der Waals surface area contributed by atoms with Crippen molar-refractivity contribution in [3.63, 3.8) is 0 Å². The number of aryl methyl sites for hydroxylation is 2. The van der Waals surface area contributed by atoms with E-state index in [2.05, 4.69) is 15.5 Å². The minimum absolute atomic E-state index is 0.0705. The molecule has 0 saturated carbocycles. The van der Waals surface area contributed by atoms with Gasteiger partial charge in [0.05, 0.1) is 22.3 Å². The van der Waals surface area contributed by atoms with E-state index < -0.39 is 0 Å². The highest BCUT2D eigenvalue weighted by Gasteiger charge is 2.19. The summed E-state index contributed by atoms with van der Waals surface area (Å²) in [5.41, 5.74) is 3.36. The van der Waals surface area contributed by atoms with Crippen molar-refractivity contribution in [3.8, 4) is 5.69 Å². The van der Waals surface area contributed by atoms with E-state index >= 15 is 0 Å². The normalized spacial score (nSPS) is 11.5. The lowest BCUT2D eigenvalue weighted by Crippen LogP contribution is -2.31. The van der Waals surface area contributed by atoms with E-state index in [1.165, 1.54) is 11.8 Å². The molecule has 0 atom stereocenters. The molecule has 0 fully saturated rings. The highest BCUT2D eigenvalue weighted by atomic mass is 32.2. The average molecular weight is 422 g/mol. The van der Waals surface area contributed by atoms with Gasteiger partial charge < -0.3 is 5.32 Å². The number of nitrogens with zero attached hydrogens (tertiary/aromatic N) is 4. The van der Waals surface area contributed by atoms with Gasteiger partial charge in [-0.2, -0.15) is 0 Å². The number of para-hydroxylation sites is 1. The number of hydrogen-bond donors (Lipinski definition) is 1. The molecule has 0 unspecified atom stereocenters. The Labute approximate surface area is 178 Å². The fraction of sp³-hybridized carbons (Fsp3) is 0.273. The predicted molar refractivity (Wildman–Crippen MR) is 120 cm³/mol. The summed E-state index contributed by atoms with van der Waals surface area (Å²) >= 11 is 1.30. The first kappa shape index (κ1) is 20.2. The van der Waals surface area contributed by atoms with E-state index in [0.29, 0.717) is 16.3 Å². The van der Waals surface area contributed by atoms with Crippen molar-refractivity contribution in [2.24, 2.45) is 0 Å². The van der Waals surface area contributed by atoms with Gasteiger partial charge in [0.25, 0.3) is 5.56 Å². The number of aromatic nitrogens is 4. The lowest BCUT2D eigenvalue weighted by Gasteiger charge is -2.14. The average Bonchev–Trinajstić information content (AvgIpc) is 3.12. The number of thioether (sulfide) groups is 1. The third-order valence-electron chi connectivity index (χ3n) is 4.78. The van der Waals surface area contributed by atoms with Crippen LogP contribution in [0.15, 0.2) is 52.4 Å². The summed E-state index contributed by atoms with van der Waals surface area (Å²) in [6.07, 6.45) is 0. The van der Waals surface area contributed by atoms with Gasteiger partial charge in [0, 0.05) is 6.04 Å². The number of carbonyl (C=O) groups is 1. The molecule has 0 aliphatic carbocycles. The van der Waals surface area contributed by atoms with Gasteiger partial charge in [0.15, 0.2) is 5.16 Å². The van der Waals surface area contributed by atoms with Crippen molar-refractivity contribution < 1.29 is 4.79 Å². The number of benzene rings is 2. The molecule has 2 aromatic heterocycles. The largest absolute Gasteiger partial charge is 0.353 e. The monoisotopic (exact) mass is 421 g/mol. The minimum Gasteiger partial charge on any atom is -0.353 e. The van der Waals surface area contributed by atoms with Crippen LogP contribution in [0.1, 0.15) is 25.0 Å². The van der Waals surface area contributed by atoms with E-state index in [9.17, 15) is 9.59 Å². The molecule has 1 N–H and O–H groups in total. The first-order chi connectivity index (χ1) is 14.4. The van der Waals surface area contributed by atoms with Crippen LogP contribution >= 0.6 is 11.8 Å². The molecule has 0 bridgehead atoms. The molecule has 0 radical (unpaired) electrons. The van der Waals surface area contributed by atoms with Crippen LogP contribution in [0.5, 0.6) is 0 Å². The molecule has 8 heteroatoms. The zero-order valence-corrected chi connectivity index (χ0v) is 18.2. The van der Waals surface area contributed by atoms with Gasteiger partial charge >= 0.3 is 0 Å². The number of carbonyl (C=O) groups excluding carboxylic acids is 1. The number of rotatable bonds is 5. The first-order valence-electron chi connectivity index (χ1n) is 9.75. The van der Waals surface area contributed by atoms with Crippen LogP contribution in [0, 0.1) is 13.8 Å². The van der Waals surface area contributed by atoms with Gasteiger partial charge in [-0.3, -0.25) is 14.0 Å². The van der Waals surface area contributed by atoms with Gasteiger partial charge in [0.2, 0.25) is 11.7 Å². The van der Waals surface area contributed by atoms with Gasteiger partial charge in [-0.1, -0.05) is 36.0 Å². The molecule has 154 valence electrons. The van der Waals surface area contributed by atoms with Crippen molar-refractivity contribution >= 4 is 34.3 Å².